The largest absolute Gasteiger partial charge is 0.489 e. The predicted molar refractivity (Wildman–Crippen MR) is 138 cm³/mol. The van der Waals surface area contributed by atoms with Gasteiger partial charge in [-0.15, -0.1) is 24.0 Å². The van der Waals surface area contributed by atoms with Crippen molar-refractivity contribution in [1.29, 1.82) is 0 Å². The number of aliphatic imine (C=N–C) groups is 1. The molecule has 2 rings (SSSR count). The average Bonchev–Trinajstić information content (AvgIpc) is 2.78. The van der Waals surface area contributed by atoms with E-state index in [0.29, 0.717) is 31.2 Å². The van der Waals surface area contributed by atoms with Crippen LogP contribution in [-0.4, -0.2) is 31.6 Å². The molecule has 1 unspecified atom stereocenters. The van der Waals surface area contributed by atoms with Crippen LogP contribution >= 0.6 is 24.0 Å². The van der Waals surface area contributed by atoms with Crippen molar-refractivity contribution in [2.45, 2.75) is 39.4 Å². The number of amides is 1. The van der Waals surface area contributed by atoms with Gasteiger partial charge in [-0.05, 0) is 37.1 Å². The number of para-hydroxylation sites is 1. The van der Waals surface area contributed by atoms with Crippen molar-refractivity contribution < 1.29 is 9.53 Å². The topological polar surface area (TPSA) is 74.8 Å². The van der Waals surface area contributed by atoms with E-state index in [1.165, 1.54) is 0 Å². The second kappa shape index (κ2) is 14.5. The van der Waals surface area contributed by atoms with E-state index < -0.39 is 0 Å². The van der Waals surface area contributed by atoms with Gasteiger partial charge in [-0.3, -0.25) is 9.79 Å². The van der Waals surface area contributed by atoms with Crippen molar-refractivity contribution in [3.8, 4) is 5.75 Å². The highest BCUT2D eigenvalue weighted by atomic mass is 127. The molecule has 6 nitrogen and oxygen atoms in total. The average molecular weight is 536 g/mol. The molecular weight excluding hydrogens is 503 g/mol. The molecule has 0 aliphatic rings. The number of guanidine groups is 1. The Morgan fingerprint density at radius 2 is 1.81 bits per heavy atom. The quantitative estimate of drug-likeness (QED) is 0.184. The Bertz CT molecular complexity index is 853. The second-order valence-corrected chi connectivity index (χ2v) is 6.97. The minimum absolute atomic E-state index is 0. The van der Waals surface area contributed by atoms with Gasteiger partial charge >= 0.3 is 0 Å². The number of hydrogen-bond acceptors (Lipinski definition) is 3. The van der Waals surface area contributed by atoms with Gasteiger partial charge in [0.2, 0.25) is 0 Å². The Morgan fingerprint density at radius 1 is 1.13 bits per heavy atom. The number of ether oxygens (including phenoxy) is 1. The third kappa shape index (κ3) is 9.00. The lowest BCUT2D eigenvalue weighted by Crippen LogP contribution is -2.36. The first-order chi connectivity index (χ1) is 14.6. The predicted octanol–water partition coefficient (Wildman–Crippen LogP) is 4.26. The molecule has 2 aromatic rings. The minimum atomic E-state index is -0.0429. The molecule has 7 heteroatoms. The lowest BCUT2D eigenvalue weighted by atomic mass is 10.1. The van der Waals surface area contributed by atoms with E-state index in [1.807, 2.05) is 62.4 Å². The van der Waals surface area contributed by atoms with E-state index in [1.54, 1.807) is 13.1 Å². The molecule has 1 atom stereocenters. The van der Waals surface area contributed by atoms with Crippen molar-refractivity contribution in [3.63, 3.8) is 0 Å². The van der Waals surface area contributed by atoms with Gasteiger partial charge in [0.05, 0.1) is 0 Å². The Hall–Kier alpha value is -2.55. The molecule has 0 saturated carbocycles. The van der Waals surface area contributed by atoms with Gasteiger partial charge in [-0.2, -0.15) is 0 Å². The fourth-order valence-electron chi connectivity index (χ4n) is 2.71. The molecule has 3 N–H and O–H groups in total. The smallest absolute Gasteiger partial charge is 0.251 e. The molecule has 0 radical (unpaired) electrons. The molecule has 0 saturated heterocycles. The van der Waals surface area contributed by atoms with Crippen molar-refractivity contribution in [2.24, 2.45) is 4.99 Å². The summed E-state index contributed by atoms with van der Waals surface area (Å²) in [6.07, 6.45) is 2.63. The third-order valence-electron chi connectivity index (χ3n) is 4.67. The minimum Gasteiger partial charge on any atom is -0.489 e. The van der Waals surface area contributed by atoms with Gasteiger partial charge < -0.3 is 20.7 Å². The Labute approximate surface area is 202 Å². The summed E-state index contributed by atoms with van der Waals surface area (Å²) >= 11 is 0. The van der Waals surface area contributed by atoms with Crippen LogP contribution < -0.4 is 20.7 Å². The number of carbonyl (C=O) groups excluding carboxylic acids is 1. The first kappa shape index (κ1) is 26.5. The highest BCUT2D eigenvalue weighted by molar-refractivity contribution is 14.0. The molecule has 0 aromatic heterocycles. The maximum atomic E-state index is 12.2. The van der Waals surface area contributed by atoms with Gasteiger partial charge in [0.25, 0.3) is 5.91 Å². The highest BCUT2D eigenvalue weighted by Crippen LogP contribution is 2.17. The molecule has 0 aliphatic carbocycles. The second-order valence-electron chi connectivity index (χ2n) is 6.97. The number of halogens is 1. The normalized spacial score (nSPS) is 11.6. The zero-order valence-corrected chi connectivity index (χ0v) is 20.8. The van der Waals surface area contributed by atoms with Crippen molar-refractivity contribution >= 4 is 35.8 Å². The Kier molecular flexibility index (Phi) is 12.3. The monoisotopic (exact) mass is 536 g/mol. The fourth-order valence-corrected chi connectivity index (χ4v) is 2.71. The maximum Gasteiger partial charge on any atom is 0.251 e. The van der Waals surface area contributed by atoms with Crippen LogP contribution in [-0.2, 0) is 13.1 Å². The van der Waals surface area contributed by atoms with Crippen LogP contribution in [0.5, 0.6) is 5.75 Å². The van der Waals surface area contributed by atoms with E-state index >= 15 is 0 Å². The molecular formula is C24H33IN4O2. The standard InChI is InChI=1S/C24H32N4O2.HI/c1-5-15-30-22-10-8-7-9-21(22)17-27-24(25-4)26-16-19-11-13-20(14-12-19)23(29)28-18(3)6-2;/h5,7-14,18H,1,6,15-17H2,2-4H3,(H,28,29)(H2,25,26,27);1H. The zero-order valence-electron chi connectivity index (χ0n) is 18.5. The zero-order chi connectivity index (χ0) is 21.8. The van der Waals surface area contributed by atoms with E-state index in [-0.39, 0.29) is 35.9 Å². The Morgan fingerprint density at radius 3 is 2.45 bits per heavy atom. The Balaban J connectivity index is 0.00000480. The van der Waals surface area contributed by atoms with Gasteiger partial charge in [0.15, 0.2) is 5.96 Å². The summed E-state index contributed by atoms with van der Waals surface area (Å²) in [5, 5.41) is 9.56. The van der Waals surface area contributed by atoms with Crippen molar-refractivity contribution in [2.75, 3.05) is 13.7 Å². The lowest BCUT2D eigenvalue weighted by Gasteiger charge is -2.15. The van der Waals surface area contributed by atoms with Gasteiger partial charge in [-0.25, -0.2) is 0 Å². The number of hydrogen-bond donors (Lipinski definition) is 3. The number of nitrogens with one attached hydrogen (secondary N) is 3. The van der Waals surface area contributed by atoms with Crippen LogP contribution in [0.15, 0.2) is 66.2 Å². The molecule has 0 heterocycles. The van der Waals surface area contributed by atoms with E-state index in [0.717, 1.165) is 23.3 Å². The number of nitrogens with zero attached hydrogens (tertiary/aromatic N) is 1. The number of benzene rings is 2. The molecule has 0 fully saturated rings. The van der Waals surface area contributed by atoms with E-state index in [2.05, 4.69) is 27.5 Å². The summed E-state index contributed by atoms with van der Waals surface area (Å²) in [5.41, 5.74) is 2.77. The van der Waals surface area contributed by atoms with Crippen LogP contribution in [0.25, 0.3) is 0 Å². The van der Waals surface area contributed by atoms with Crippen LogP contribution in [0.1, 0.15) is 41.8 Å². The summed E-state index contributed by atoms with van der Waals surface area (Å²) in [4.78, 5) is 16.5. The summed E-state index contributed by atoms with van der Waals surface area (Å²) in [7, 11) is 1.73. The summed E-state index contributed by atoms with van der Waals surface area (Å²) < 4.78 is 5.69. The van der Waals surface area contributed by atoms with Crippen LogP contribution in [0.4, 0.5) is 0 Å². The first-order valence-electron chi connectivity index (χ1n) is 10.2. The van der Waals surface area contributed by atoms with Crippen molar-refractivity contribution in [3.05, 3.63) is 77.9 Å². The maximum absolute atomic E-state index is 12.2. The first-order valence-corrected chi connectivity index (χ1v) is 10.2. The summed E-state index contributed by atoms with van der Waals surface area (Å²) in [5.74, 6) is 1.47. The third-order valence-corrected chi connectivity index (χ3v) is 4.67. The van der Waals surface area contributed by atoms with Crippen molar-refractivity contribution in [1.82, 2.24) is 16.0 Å². The summed E-state index contributed by atoms with van der Waals surface area (Å²) in [6, 6.07) is 15.6. The fraction of sp³-hybridized carbons (Fsp3) is 0.333. The SMILES string of the molecule is C=CCOc1ccccc1CNC(=NC)NCc1ccc(C(=O)NC(C)CC)cc1.I. The molecule has 0 bridgehead atoms. The summed E-state index contributed by atoms with van der Waals surface area (Å²) in [6.45, 7) is 9.38. The number of carbonyl (C=O) groups is 1. The molecule has 0 aliphatic heterocycles. The molecule has 2 aromatic carbocycles. The van der Waals surface area contributed by atoms with Gasteiger partial charge in [-0.1, -0.05) is 49.9 Å². The number of rotatable bonds is 10. The van der Waals surface area contributed by atoms with Gasteiger partial charge in [0, 0.05) is 37.3 Å². The molecule has 1 amide bonds. The highest BCUT2D eigenvalue weighted by Gasteiger charge is 2.08. The van der Waals surface area contributed by atoms with Crippen LogP contribution in [0.2, 0.25) is 0 Å². The molecule has 31 heavy (non-hydrogen) atoms. The molecule has 0 spiro atoms. The van der Waals surface area contributed by atoms with Crippen LogP contribution in [0.3, 0.4) is 0 Å². The molecule has 168 valence electrons. The van der Waals surface area contributed by atoms with E-state index in [9.17, 15) is 4.79 Å². The lowest BCUT2D eigenvalue weighted by molar-refractivity contribution is 0.0939. The van der Waals surface area contributed by atoms with Gasteiger partial charge in [0.1, 0.15) is 12.4 Å². The van der Waals surface area contributed by atoms with Crippen LogP contribution in [0, 0.1) is 0 Å². The van der Waals surface area contributed by atoms with E-state index in [4.69, 9.17) is 4.74 Å².